The molecule has 1 aliphatic rings. The van der Waals surface area contributed by atoms with E-state index in [0.717, 1.165) is 29.8 Å². The van der Waals surface area contributed by atoms with Crippen LogP contribution in [0.1, 0.15) is 51.1 Å². The Bertz CT molecular complexity index is 720. The van der Waals surface area contributed by atoms with Crippen LogP contribution in [0.15, 0.2) is 24.3 Å². The van der Waals surface area contributed by atoms with Gasteiger partial charge in [-0.2, -0.15) is 0 Å². The van der Waals surface area contributed by atoms with E-state index in [2.05, 4.69) is 4.98 Å². The number of rotatable bonds is 5. The van der Waals surface area contributed by atoms with Crippen molar-refractivity contribution in [3.8, 4) is 0 Å². The van der Waals surface area contributed by atoms with Crippen LogP contribution < -0.4 is 0 Å². The Labute approximate surface area is 130 Å². The van der Waals surface area contributed by atoms with Crippen molar-refractivity contribution in [3.05, 3.63) is 55.5 Å². The maximum atomic E-state index is 11.3. The van der Waals surface area contributed by atoms with Crippen molar-refractivity contribution in [1.29, 1.82) is 0 Å². The highest BCUT2D eigenvalue weighted by atomic mass is 32.1. The molecule has 114 valence electrons. The molecule has 2 aromatic rings. The number of aromatic carboxylic acids is 1. The number of nitrogens with zero attached hydrogens (tertiary/aromatic N) is 2. The number of aromatic nitrogens is 1. The first-order chi connectivity index (χ1) is 10.5. The molecule has 1 aliphatic carbocycles. The monoisotopic (exact) mass is 318 g/mol. The highest BCUT2D eigenvalue weighted by Gasteiger charge is 2.28. The third-order valence-corrected chi connectivity index (χ3v) is 4.95. The van der Waals surface area contributed by atoms with E-state index in [1.165, 1.54) is 23.5 Å². The lowest BCUT2D eigenvalue weighted by Gasteiger charge is -2.23. The maximum absolute atomic E-state index is 11.3. The summed E-state index contributed by atoms with van der Waals surface area (Å²) in [4.78, 5) is 26.4. The van der Waals surface area contributed by atoms with Gasteiger partial charge in [-0.05, 0) is 18.4 Å². The summed E-state index contributed by atoms with van der Waals surface area (Å²) in [5.74, 6) is -0.651. The Morgan fingerprint density at radius 2 is 2.05 bits per heavy atom. The van der Waals surface area contributed by atoms with E-state index in [9.17, 15) is 20.0 Å². The normalized spacial score (nSPS) is 14.5. The molecule has 1 saturated carbocycles. The zero-order valence-electron chi connectivity index (χ0n) is 11.7. The summed E-state index contributed by atoms with van der Waals surface area (Å²) >= 11 is 1.21. The predicted octanol–water partition coefficient (Wildman–Crippen LogP) is 3.61. The average molecular weight is 318 g/mol. The van der Waals surface area contributed by atoms with E-state index in [4.69, 9.17) is 0 Å². The Morgan fingerprint density at radius 1 is 1.36 bits per heavy atom. The number of hydrogen-bond donors (Lipinski definition) is 1. The third kappa shape index (κ3) is 2.85. The van der Waals surface area contributed by atoms with Gasteiger partial charge in [0.2, 0.25) is 0 Å². The fraction of sp³-hybridized carbons (Fsp3) is 0.333. The molecule has 6 nitrogen and oxygen atoms in total. The second kappa shape index (κ2) is 5.84. The average Bonchev–Trinajstić information content (AvgIpc) is 2.81. The molecule has 1 aromatic carbocycles. The summed E-state index contributed by atoms with van der Waals surface area (Å²) < 4.78 is 0. The smallest absolute Gasteiger partial charge is 0.347 e. The van der Waals surface area contributed by atoms with Gasteiger partial charge in [-0.15, -0.1) is 11.3 Å². The molecule has 0 saturated heterocycles. The van der Waals surface area contributed by atoms with Crippen molar-refractivity contribution in [1.82, 2.24) is 4.98 Å². The molecular weight excluding hydrogens is 304 g/mol. The molecule has 0 amide bonds. The molecule has 0 atom stereocenters. The fourth-order valence-corrected chi connectivity index (χ4v) is 3.50. The molecule has 0 aliphatic heterocycles. The number of nitro benzene ring substituents is 1. The molecule has 1 heterocycles. The first-order valence-electron chi connectivity index (χ1n) is 7.01. The maximum Gasteiger partial charge on any atom is 0.347 e. The van der Waals surface area contributed by atoms with Crippen molar-refractivity contribution in [2.45, 2.75) is 31.6 Å². The number of carbonyl (C=O) groups is 1. The second-order valence-electron chi connectivity index (χ2n) is 5.36. The van der Waals surface area contributed by atoms with Gasteiger partial charge in [0.1, 0.15) is 4.88 Å². The van der Waals surface area contributed by atoms with Crippen molar-refractivity contribution >= 4 is 23.0 Å². The molecule has 3 rings (SSSR count). The molecule has 0 spiro atoms. The third-order valence-electron chi connectivity index (χ3n) is 3.89. The molecule has 1 N–H and O–H groups in total. The van der Waals surface area contributed by atoms with Crippen LogP contribution in [0, 0.1) is 10.1 Å². The van der Waals surface area contributed by atoms with Gasteiger partial charge in [0.25, 0.3) is 5.69 Å². The van der Waals surface area contributed by atoms with Gasteiger partial charge in [-0.1, -0.05) is 18.6 Å². The fourth-order valence-electron chi connectivity index (χ4n) is 2.48. The van der Waals surface area contributed by atoms with E-state index in [1.807, 2.05) is 0 Å². The Balaban J connectivity index is 1.82. The summed E-state index contributed by atoms with van der Waals surface area (Å²) in [5.41, 5.74) is 1.64. The van der Waals surface area contributed by atoms with Crippen LogP contribution in [0.4, 0.5) is 5.69 Å². The number of non-ortho nitro benzene ring substituents is 1. The van der Waals surface area contributed by atoms with Crippen molar-refractivity contribution in [2.75, 3.05) is 0 Å². The molecule has 0 radical (unpaired) electrons. The van der Waals surface area contributed by atoms with Gasteiger partial charge >= 0.3 is 5.97 Å². The SMILES string of the molecule is O=C(O)c1sc(Cc2ccc([N+](=O)[O-])cc2)nc1C1CCC1. The zero-order chi connectivity index (χ0) is 15.7. The lowest BCUT2D eigenvalue weighted by Crippen LogP contribution is -2.12. The minimum Gasteiger partial charge on any atom is -0.477 e. The van der Waals surface area contributed by atoms with Crippen LogP contribution in [-0.2, 0) is 6.42 Å². The molecule has 1 fully saturated rings. The molecule has 0 bridgehead atoms. The molecular formula is C15H14N2O4S. The molecule has 7 heteroatoms. The summed E-state index contributed by atoms with van der Waals surface area (Å²) in [5, 5.41) is 20.7. The van der Waals surface area contributed by atoms with Crippen molar-refractivity contribution in [3.63, 3.8) is 0 Å². The van der Waals surface area contributed by atoms with Crippen LogP contribution in [0.3, 0.4) is 0 Å². The van der Waals surface area contributed by atoms with Gasteiger partial charge in [-0.25, -0.2) is 9.78 Å². The van der Waals surface area contributed by atoms with E-state index in [-0.39, 0.29) is 11.6 Å². The number of benzene rings is 1. The number of hydrogen-bond acceptors (Lipinski definition) is 5. The van der Waals surface area contributed by atoms with Gasteiger partial charge in [0.05, 0.1) is 15.6 Å². The van der Waals surface area contributed by atoms with E-state index in [0.29, 0.717) is 17.0 Å². The van der Waals surface area contributed by atoms with Crippen LogP contribution in [0.2, 0.25) is 0 Å². The van der Waals surface area contributed by atoms with Crippen LogP contribution >= 0.6 is 11.3 Å². The van der Waals surface area contributed by atoms with Crippen molar-refractivity contribution < 1.29 is 14.8 Å². The van der Waals surface area contributed by atoms with Crippen molar-refractivity contribution in [2.24, 2.45) is 0 Å². The Hall–Kier alpha value is -2.28. The van der Waals surface area contributed by atoms with Gasteiger partial charge in [0, 0.05) is 24.5 Å². The summed E-state index contributed by atoms with van der Waals surface area (Å²) in [6.45, 7) is 0. The molecule has 1 aromatic heterocycles. The van der Waals surface area contributed by atoms with E-state index >= 15 is 0 Å². The molecule has 0 unspecified atom stereocenters. The van der Waals surface area contributed by atoms with Gasteiger partial charge < -0.3 is 5.11 Å². The van der Waals surface area contributed by atoms with Crippen LogP contribution in [0.25, 0.3) is 0 Å². The number of carboxylic acid groups (broad SMARTS) is 1. The Kier molecular flexibility index (Phi) is 3.89. The standard InChI is InChI=1S/C15H14N2O4S/c18-15(19)14-13(10-2-1-3-10)16-12(22-14)8-9-4-6-11(7-5-9)17(20)21/h4-7,10H,1-3,8H2,(H,18,19). The summed E-state index contributed by atoms with van der Waals surface area (Å²) in [6, 6.07) is 6.27. The van der Waals surface area contributed by atoms with E-state index in [1.54, 1.807) is 12.1 Å². The quantitative estimate of drug-likeness (QED) is 0.671. The predicted molar refractivity (Wildman–Crippen MR) is 81.6 cm³/mol. The minimum absolute atomic E-state index is 0.0456. The molecule has 22 heavy (non-hydrogen) atoms. The highest BCUT2D eigenvalue weighted by Crippen LogP contribution is 2.39. The first kappa shape index (κ1) is 14.6. The lowest BCUT2D eigenvalue weighted by molar-refractivity contribution is -0.384. The Morgan fingerprint density at radius 3 is 2.55 bits per heavy atom. The minimum atomic E-state index is -0.922. The van der Waals surface area contributed by atoms with Gasteiger partial charge in [-0.3, -0.25) is 10.1 Å². The van der Waals surface area contributed by atoms with E-state index < -0.39 is 10.9 Å². The first-order valence-corrected chi connectivity index (χ1v) is 7.82. The number of thiazole rings is 1. The highest BCUT2D eigenvalue weighted by molar-refractivity contribution is 7.13. The topological polar surface area (TPSA) is 93.3 Å². The number of carboxylic acids is 1. The van der Waals surface area contributed by atoms with Crippen LogP contribution in [0.5, 0.6) is 0 Å². The van der Waals surface area contributed by atoms with Crippen LogP contribution in [-0.4, -0.2) is 21.0 Å². The summed E-state index contributed by atoms with van der Waals surface area (Å²) in [7, 11) is 0. The zero-order valence-corrected chi connectivity index (χ0v) is 12.5. The second-order valence-corrected chi connectivity index (χ2v) is 6.44. The van der Waals surface area contributed by atoms with Gasteiger partial charge in [0.15, 0.2) is 0 Å². The lowest BCUT2D eigenvalue weighted by atomic mass is 9.82. The number of nitro groups is 1. The summed E-state index contributed by atoms with van der Waals surface area (Å²) in [6.07, 6.45) is 3.62. The largest absolute Gasteiger partial charge is 0.477 e.